The first-order valence-corrected chi connectivity index (χ1v) is 8.77. The number of aromatic nitrogens is 1. The van der Waals surface area contributed by atoms with Crippen LogP contribution in [-0.2, 0) is 0 Å². The van der Waals surface area contributed by atoms with Crippen LogP contribution >= 0.6 is 0 Å². The number of benzene rings is 3. The quantitative estimate of drug-likeness (QED) is 0.406. The van der Waals surface area contributed by atoms with Gasteiger partial charge in [-0.3, -0.25) is 15.6 Å². The molecule has 0 aliphatic carbocycles. The predicted molar refractivity (Wildman–Crippen MR) is 110 cm³/mol. The van der Waals surface area contributed by atoms with E-state index in [0.717, 1.165) is 27.5 Å². The van der Waals surface area contributed by atoms with Crippen molar-refractivity contribution in [2.75, 3.05) is 19.6 Å². The van der Waals surface area contributed by atoms with E-state index >= 15 is 0 Å². The van der Waals surface area contributed by atoms with Gasteiger partial charge in [-0.25, -0.2) is 4.98 Å². The van der Waals surface area contributed by atoms with Crippen LogP contribution in [0.15, 0.2) is 66.7 Å². The fourth-order valence-corrected chi connectivity index (χ4v) is 3.14. The second-order valence-electron chi connectivity index (χ2n) is 6.17. The van der Waals surface area contributed by atoms with E-state index in [1.807, 2.05) is 48.5 Å². The lowest BCUT2D eigenvalue weighted by Gasteiger charge is -2.14. The van der Waals surface area contributed by atoms with Gasteiger partial charge in [-0.1, -0.05) is 36.4 Å². The van der Waals surface area contributed by atoms with Gasteiger partial charge in [0.1, 0.15) is 0 Å². The third kappa shape index (κ3) is 3.16. The number of carbonyl (C=O) groups is 1. The molecule has 0 bridgehead atoms. The molecule has 0 saturated carbocycles. The number of carbonyl (C=O) groups excluding carboxylic acids is 1. The third-order valence-corrected chi connectivity index (χ3v) is 4.53. The van der Waals surface area contributed by atoms with Crippen LogP contribution in [0.1, 0.15) is 10.4 Å². The average Bonchev–Trinajstić information content (AvgIpc) is 2.75. The van der Waals surface area contributed by atoms with E-state index < -0.39 is 0 Å². The van der Waals surface area contributed by atoms with Crippen LogP contribution in [0.2, 0.25) is 0 Å². The van der Waals surface area contributed by atoms with E-state index in [-0.39, 0.29) is 5.91 Å². The number of hydrogen-bond acceptors (Lipinski definition) is 5. The van der Waals surface area contributed by atoms with Crippen LogP contribution in [0.25, 0.3) is 21.8 Å². The van der Waals surface area contributed by atoms with Crippen molar-refractivity contribution in [2.24, 2.45) is 0 Å². The van der Waals surface area contributed by atoms with Gasteiger partial charge >= 0.3 is 0 Å². The van der Waals surface area contributed by atoms with Crippen LogP contribution in [0.4, 0.5) is 5.69 Å². The molecule has 0 aliphatic rings. The molecule has 3 aromatic carbocycles. The maximum atomic E-state index is 12.7. The van der Waals surface area contributed by atoms with E-state index in [1.54, 1.807) is 25.3 Å². The van der Waals surface area contributed by atoms with Crippen molar-refractivity contribution in [1.82, 2.24) is 10.4 Å². The molecule has 0 fully saturated rings. The van der Waals surface area contributed by atoms with Crippen molar-refractivity contribution in [2.45, 2.75) is 0 Å². The molecule has 0 atom stereocenters. The van der Waals surface area contributed by atoms with Gasteiger partial charge in [0.25, 0.3) is 5.91 Å². The summed E-state index contributed by atoms with van der Waals surface area (Å²) in [5, 5.41) is 1.85. The SMILES string of the molecule is COc1ccc(C(=O)NNc2c3ccccc3nc3ccccc23)cc1OC. The van der Waals surface area contributed by atoms with E-state index in [0.29, 0.717) is 17.1 Å². The number of nitrogens with zero attached hydrogens (tertiary/aromatic N) is 1. The fraction of sp³-hybridized carbons (Fsp3) is 0.0909. The highest BCUT2D eigenvalue weighted by molar-refractivity contribution is 6.08. The number of rotatable bonds is 5. The predicted octanol–water partition coefficient (Wildman–Crippen LogP) is 4.16. The van der Waals surface area contributed by atoms with Crippen LogP contribution in [0.5, 0.6) is 11.5 Å². The molecule has 0 saturated heterocycles. The second kappa shape index (κ2) is 7.44. The smallest absolute Gasteiger partial charge is 0.269 e. The summed E-state index contributed by atoms with van der Waals surface area (Å²) in [7, 11) is 3.09. The highest BCUT2D eigenvalue weighted by atomic mass is 16.5. The van der Waals surface area contributed by atoms with Gasteiger partial charge in [0, 0.05) is 16.3 Å². The standard InChI is InChI=1S/C22H19N3O3/c1-27-19-12-11-14(13-20(19)28-2)22(26)25-24-21-15-7-3-5-9-17(15)23-18-10-6-4-8-16(18)21/h3-13H,1-2H3,(H,23,24)(H,25,26). The van der Waals surface area contributed by atoms with Gasteiger partial charge in [-0.15, -0.1) is 0 Å². The summed E-state index contributed by atoms with van der Waals surface area (Å²) in [5.41, 5.74) is 8.81. The Bertz CT molecular complexity index is 1120. The molecular formula is C22H19N3O3. The number of fused-ring (bicyclic) bond motifs is 2. The van der Waals surface area contributed by atoms with E-state index in [9.17, 15) is 4.79 Å². The summed E-state index contributed by atoms with van der Waals surface area (Å²) in [5.74, 6) is 0.777. The van der Waals surface area contributed by atoms with E-state index in [2.05, 4.69) is 15.8 Å². The first-order valence-electron chi connectivity index (χ1n) is 8.77. The normalized spacial score (nSPS) is 10.6. The van der Waals surface area contributed by atoms with Crippen molar-refractivity contribution in [3.8, 4) is 11.5 Å². The van der Waals surface area contributed by atoms with Gasteiger partial charge in [0.2, 0.25) is 0 Å². The first-order chi connectivity index (χ1) is 13.7. The first kappa shape index (κ1) is 17.6. The van der Waals surface area contributed by atoms with Crippen molar-refractivity contribution in [3.05, 3.63) is 72.3 Å². The molecule has 0 unspecified atom stereocenters. The van der Waals surface area contributed by atoms with Crippen LogP contribution in [0.3, 0.4) is 0 Å². The van der Waals surface area contributed by atoms with E-state index in [1.165, 1.54) is 7.11 Å². The molecule has 1 aromatic heterocycles. The molecule has 4 rings (SSSR count). The Labute approximate surface area is 162 Å². The molecule has 6 heteroatoms. The number of pyridine rings is 1. The summed E-state index contributed by atoms with van der Waals surface area (Å²) in [6.45, 7) is 0. The summed E-state index contributed by atoms with van der Waals surface area (Å²) >= 11 is 0. The van der Waals surface area contributed by atoms with Crippen molar-refractivity contribution < 1.29 is 14.3 Å². The molecule has 6 nitrogen and oxygen atoms in total. The Balaban J connectivity index is 1.67. The van der Waals surface area contributed by atoms with Gasteiger partial charge in [-0.2, -0.15) is 0 Å². The average molecular weight is 373 g/mol. The molecule has 4 aromatic rings. The van der Waals surface area contributed by atoms with Crippen LogP contribution in [-0.4, -0.2) is 25.1 Å². The molecule has 1 heterocycles. The molecular weight excluding hydrogens is 354 g/mol. The number of anilines is 1. The number of ether oxygens (including phenoxy) is 2. The molecule has 140 valence electrons. The van der Waals surface area contributed by atoms with Crippen LogP contribution in [0, 0.1) is 0 Å². The number of nitrogens with one attached hydrogen (secondary N) is 2. The zero-order valence-electron chi connectivity index (χ0n) is 15.5. The van der Waals surface area contributed by atoms with Gasteiger partial charge in [-0.05, 0) is 30.3 Å². The molecule has 0 spiro atoms. The summed E-state index contributed by atoms with van der Waals surface area (Å²) in [6, 6.07) is 20.6. The molecule has 28 heavy (non-hydrogen) atoms. The molecule has 2 N–H and O–H groups in total. The number of amides is 1. The zero-order valence-corrected chi connectivity index (χ0v) is 15.5. The molecule has 0 aliphatic heterocycles. The van der Waals surface area contributed by atoms with Crippen LogP contribution < -0.4 is 20.3 Å². The Morgan fingerprint density at radius 1 is 0.821 bits per heavy atom. The Morgan fingerprint density at radius 3 is 2.04 bits per heavy atom. The minimum atomic E-state index is -0.286. The Hall–Kier alpha value is -3.80. The minimum absolute atomic E-state index is 0.286. The number of hydrogen-bond donors (Lipinski definition) is 2. The zero-order chi connectivity index (χ0) is 19.5. The van der Waals surface area contributed by atoms with Crippen molar-refractivity contribution in [3.63, 3.8) is 0 Å². The van der Waals surface area contributed by atoms with Gasteiger partial charge in [0.05, 0.1) is 30.9 Å². The minimum Gasteiger partial charge on any atom is -0.493 e. The van der Waals surface area contributed by atoms with E-state index in [4.69, 9.17) is 9.47 Å². The number of para-hydroxylation sites is 2. The summed E-state index contributed by atoms with van der Waals surface area (Å²) in [4.78, 5) is 17.4. The Morgan fingerprint density at radius 2 is 1.43 bits per heavy atom. The monoisotopic (exact) mass is 373 g/mol. The highest BCUT2D eigenvalue weighted by Crippen LogP contribution is 2.30. The Kier molecular flexibility index (Phi) is 4.68. The topological polar surface area (TPSA) is 72.5 Å². The lowest BCUT2D eigenvalue weighted by atomic mass is 10.1. The lowest BCUT2D eigenvalue weighted by Crippen LogP contribution is -2.29. The summed E-state index contributed by atoms with van der Waals surface area (Å²) in [6.07, 6.45) is 0. The van der Waals surface area contributed by atoms with Crippen molar-refractivity contribution >= 4 is 33.4 Å². The largest absolute Gasteiger partial charge is 0.493 e. The lowest BCUT2D eigenvalue weighted by molar-refractivity contribution is 0.0962. The third-order valence-electron chi connectivity index (χ3n) is 4.53. The maximum Gasteiger partial charge on any atom is 0.269 e. The van der Waals surface area contributed by atoms with Gasteiger partial charge < -0.3 is 9.47 Å². The summed E-state index contributed by atoms with van der Waals surface area (Å²) < 4.78 is 10.5. The number of methoxy groups -OCH3 is 2. The second-order valence-corrected chi connectivity index (χ2v) is 6.17. The van der Waals surface area contributed by atoms with Gasteiger partial charge in [0.15, 0.2) is 11.5 Å². The molecule has 1 amide bonds. The van der Waals surface area contributed by atoms with Crippen molar-refractivity contribution in [1.29, 1.82) is 0 Å². The number of hydrazine groups is 1. The fourth-order valence-electron chi connectivity index (χ4n) is 3.14. The maximum absolute atomic E-state index is 12.7. The highest BCUT2D eigenvalue weighted by Gasteiger charge is 2.13. The molecule has 0 radical (unpaired) electrons.